The SMILES string of the molecule is CC(C)(C)OC(=O)NCc1ccc(Cl)c(N)c1Cl.NCc1ccc(Cl)c(N)c1Cl. The summed E-state index contributed by atoms with van der Waals surface area (Å²) in [5.74, 6) is 0. The van der Waals surface area contributed by atoms with Gasteiger partial charge in [-0.25, -0.2) is 4.79 Å². The minimum absolute atomic E-state index is 0.231. The lowest BCUT2D eigenvalue weighted by molar-refractivity contribution is 0.0523. The maximum Gasteiger partial charge on any atom is 0.407 e. The number of nitrogen functional groups attached to an aromatic ring is 2. The Morgan fingerprint density at radius 3 is 1.83 bits per heavy atom. The highest BCUT2D eigenvalue weighted by Gasteiger charge is 2.16. The van der Waals surface area contributed by atoms with Crippen LogP contribution in [-0.2, 0) is 17.8 Å². The third-order valence-electron chi connectivity index (χ3n) is 3.46. The molecule has 29 heavy (non-hydrogen) atoms. The lowest BCUT2D eigenvalue weighted by atomic mass is 10.2. The Kier molecular flexibility index (Phi) is 9.65. The standard InChI is InChI=1S/C12H16Cl2N2O2.C7H8Cl2N2/c1-12(2,3)18-11(17)16-6-7-4-5-8(13)10(15)9(7)14;8-5-2-1-4(3-10)6(9)7(5)11/h4-5H,6,15H2,1-3H3,(H,16,17);1-2H,3,10-11H2. The Morgan fingerprint density at radius 2 is 1.38 bits per heavy atom. The number of nitrogens with two attached hydrogens (primary N) is 3. The summed E-state index contributed by atoms with van der Waals surface area (Å²) in [7, 11) is 0. The number of carbonyl (C=O) groups excluding carboxylic acids is 1. The van der Waals surface area contributed by atoms with Crippen molar-refractivity contribution in [3.8, 4) is 0 Å². The Hall–Kier alpha value is -1.57. The molecule has 0 radical (unpaired) electrons. The van der Waals surface area contributed by atoms with Crippen LogP contribution in [0.15, 0.2) is 24.3 Å². The van der Waals surface area contributed by atoms with E-state index in [2.05, 4.69) is 5.32 Å². The van der Waals surface area contributed by atoms with Crippen LogP contribution >= 0.6 is 46.4 Å². The third kappa shape index (κ3) is 7.99. The maximum atomic E-state index is 11.5. The van der Waals surface area contributed by atoms with Crippen LogP contribution in [0.4, 0.5) is 16.2 Å². The Bertz CT molecular complexity index is 870. The fourth-order valence-corrected chi connectivity index (χ4v) is 2.89. The van der Waals surface area contributed by atoms with Crippen molar-refractivity contribution < 1.29 is 9.53 Å². The van der Waals surface area contributed by atoms with Crippen molar-refractivity contribution in [3.05, 3.63) is 55.5 Å². The Balaban J connectivity index is 0.000000326. The van der Waals surface area contributed by atoms with Gasteiger partial charge in [-0.2, -0.15) is 0 Å². The van der Waals surface area contributed by atoms with Crippen LogP contribution in [0, 0.1) is 0 Å². The monoisotopic (exact) mass is 480 g/mol. The number of anilines is 2. The minimum atomic E-state index is -0.535. The number of benzene rings is 2. The van der Waals surface area contributed by atoms with Crippen LogP contribution in [-0.4, -0.2) is 11.7 Å². The molecule has 160 valence electrons. The second kappa shape index (κ2) is 11.0. The van der Waals surface area contributed by atoms with Crippen molar-refractivity contribution in [3.63, 3.8) is 0 Å². The molecule has 6 nitrogen and oxygen atoms in total. The normalized spacial score (nSPS) is 10.8. The number of hydrogen-bond acceptors (Lipinski definition) is 5. The molecule has 0 aromatic heterocycles. The molecule has 7 N–H and O–H groups in total. The molecule has 0 unspecified atom stereocenters. The van der Waals surface area contributed by atoms with E-state index in [1.807, 2.05) is 0 Å². The van der Waals surface area contributed by atoms with E-state index in [9.17, 15) is 4.79 Å². The van der Waals surface area contributed by atoms with Gasteiger partial charge < -0.3 is 27.3 Å². The molecular formula is C19H24Cl4N4O2. The molecule has 0 fully saturated rings. The van der Waals surface area contributed by atoms with Crippen LogP contribution < -0.4 is 22.5 Å². The molecule has 0 saturated heterocycles. The van der Waals surface area contributed by atoms with Gasteiger partial charge in [0.1, 0.15) is 5.60 Å². The molecule has 0 spiro atoms. The number of ether oxygens (including phenoxy) is 1. The van der Waals surface area contributed by atoms with Crippen molar-refractivity contribution in [2.45, 2.75) is 39.5 Å². The van der Waals surface area contributed by atoms with Crippen molar-refractivity contribution >= 4 is 63.9 Å². The fourth-order valence-electron chi connectivity index (χ4n) is 2.00. The van der Waals surface area contributed by atoms with Gasteiger partial charge in [0.2, 0.25) is 0 Å². The summed E-state index contributed by atoms with van der Waals surface area (Å²) in [6, 6.07) is 6.79. The topological polar surface area (TPSA) is 116 Å². The van der Waals surface area contributed by atoms with Crippen molar-refractivity contribution in [2.75, 3.05) is 11.5 Å². The lowest BCUT2D eigenvalue weighted by Gasteiger charge is -2.20. The van der Waals surface area contributed by atoms with Gasteiger partial charge in [0.05, 0.1) is 31.5 Å². The van der Waals surface area contributed by atoms with Crippen LogP contribution in [0.2, 0.25) is 20.1 Å². The van der Waals surface area contributed by atoms with Gasteiger partial charge in [-0.05, 0) is 44.0 Å². The highest BCUT2D eigenvalue weighted by atomic mass is 35.5. The molecule has 0 heterocycles. The summed E-state index contributed by atoms with van der Waals surface area (Å²) in [4.78, 5) is 11.5. The lowest BCUT2D eigenvalue weighted by Crippen LogP contribution is -2.32. The summed E-state index contributed by atoms with van der Waals surface area (Å²) in [6.45, 7) is 5.98. The van der Waals surface area contributed by atoms with E-state index in [4.69, 9.17) is 68.3 Å². The number of nitrogens with one attached hydrogen (secondary N) is 1. The van der Waals surface area contributed by atoms with E-state index in [0.717, 1.165) is 5.56 Å². The van der Waals surface area contributed by atoms with Gasteiger partial charge in [-0.3, -0.25) is 0 Å². The van der Waals surface area contributed by atoms with Gasteiger partial charge >= 0.3 is 6.09 Å². The first kappa shape index (κ1) is 25.5. The van der Waals surface area contributed by atoms with E-state index >= 15 is 0 Å². The highest BCUT2D eigenvalue weighted by molar-refractivity contribution is 6.39. The maximum absolute atomic E-state index is 11.5. The highest BCUT2D eigenvalue weighted by Crippen LogP contribution is 2.31. The molecule has 2 rings (SSSR count). The zero-order valence-corrected chi connectivity index (χ0v) is 19.3. The quantitative estimate of drug-likeness (QED) is 0.423. The summed E-state index contributed by atoms with van der Waals surface area (Å²) in [6.07, 6.45) is -0.507. The van der Waals surface area contributed by atoms with Gasteiger partial charge in [0.25, 0.3) is 0 Å². The van der Waals surface area contributed by atoms with Crippen LogP contribution in [0.25, 0.3) is 0 Å². The number of rotatable bonds is 3. The van der Waals surface area contributed by atoms with Crippen LogP contribution in [0.3, 0.4) is 0 Å². The minimum Gasteiger partial charge on any atom is -0.444 e. The largest absolute Gasteiger partial charge is 0.444 e. The molecule has 0 aliphatic carbocycles. The number of hydrogen-bond donors (Lipinski definition) is 4. The summed E-state index contributed by atoms with van der Waals surface area (Å²) in [5.41, 5.74) is 18.3. The molecule has 2 aromatic rings. The van der Waals surface area contributed by atoms with Crippen LogP contribution in [0.1, 0.15) is 31.9 Å². The van der Waals surface area contributed by atoms with Crippen molar-refractivity contribution in [1.82, 2.24) is 5.32 Å². The van der Waals surface area contributed by atoms with E-state index in [1.165, 1.54) is 0 Å². The summed E-state index contributed by atoms with van der Waals surface area (Å²) in [5, 5.41) is 4.26. The first-order valence-electron chi connectivity index (χ1n) is 8.49. The molecule has 10 heteroatoms. The van der Waals surface area contributed by atoms with E-state index in [0.29, 0.717) is 43.6 Å². The van der Waals surface area contributed by atoms with E-state index in [1.54, 1.807) is 45.0 Å². The molecular weight excluding hydrogens is 458 g/mol. The smallest absolute Gasteiger partial charge is 0.407 e. The first-order valence-corrected chi connectivity index (χ1v) is 10.00. The van der Waals surface area contributed by atoms with Gasteiger partial charge in [0, 0.05) is 13.1 Å². The molecule has 0 aliphatic heterocycles. The number of carbonyl (C=O) groups is 1. The Labute approximate surface area is 190 Å². The zero-order chi connectivity index (χ0) is 22.4. The molecule has 0 atom stereocenters. The molecule has 2 aromatic carbocycles. The van der Waals surface area contributed by atoms with Crippen molar-refractivity contribution in [1.29, 1.82) is 0 Å². The predicted octanol–water partition coefficient (Wildman–Crippen LogP) is 5.63. The van der Waals surface area contributed by atoms with E-state index in [-0.39, 0.29) is 6.54 Å². The number of amides is 1. The number of halogens is 4. The first-order chi connectivity index (χ1) is 13.4. The molecule has 1 amide bonds. The molecule has 0 saturated carbocycles. The second-order valence-electron chi connectivity index (χ2n) is 6.93. The van der Waals surface area contributed by atoms with E-state index < -0.39 is 11.7 Å². The average Bonchev–Trinajstić information content (AvgIpc) is 2.63. The predicted molar refractivity (Wildman–Crippen MR) is 123 cm³/mol. The van der Waals surface area contributed by atoms with Gasteiger partial charge in [0.15, 0.2) is 0 Å². The summed E-state index contributed by atoms with van der Waals surface area (Å²) < 4.78 is 5.10. The fraction of sp³-hybridized carbons (Fsp3) is 0.316. The Morgan fingerprint density at radius 1 is 0.931 bits per heavy atom. The molecule has 0 bridgehead atoms. The van der Waals surface area contributed by atoms with Crippen LogP contribution in [0.5, 0.6) is 0 Å². The molecule has 0 aliphatic rings. The summed E-state index contributed by atoms with van der Waals surface area (Å²) >= 11 is 23.3. The van der Waals surface area contributed by atoms with Gasteiger partial charge in [-0.15, -0.1) is 0 Å². The second-order valence-corrected chi connectivity index (χ2v) is 8.50. The average molecular weight is 482 g/mol. The third-order valence-corrected chi connectivity index (χ3v) is 5.01. The van der Waals surface area contributed by atoms with Gasteiger partial charge in [-0.1, -0.05) is 58.5 Å². The number of alkyl carbamates (subject to hydrolysis) is 1. The van der Waals surface area contributed by atoms with Crippen molar-refractivity contribution in [2.24, 2.45) is 5.73 Å². The zero-order valence-electron chi connectivity index (χ0n) is 16.3.